The molecule has 0 radical (unpaired) electrons. The van der Waals surface area contributed by atoms with E-state index in [1.807, 2.05) is 23.9 Å². The third-order valence-electron chi connectivity index (χ3n) is 3.55. The number of hydrogen-bond donors (Lipinski definition) is 2. The molecule has 18 heavy (non-hydrogen) atoms. The Kier molecular flexibility index (Phi) is 6.36. The monoisotopic (exact) mass is 253 g/mol. The first-order chi connectivity index (χ1) is 8.65. The highest BCUT2D eigenvalue weighted by Crippen LogP contribution is 2.17. The van der Waals surface area contributed by atoms with Crippen LogP contribution >= 0.6 is 0 Å². The van der Waals surface area contributed by atoms with Crippen LogP contribution < -0.4 is 5.32 Å². The van der Waals surface area contributed by atoms with Crippen molar-refractivity contribution in [3.63, 3.8) is 0 Å². The quantitative estimate of drug-likeness (QED) is 0.708. The molecule has 0 aromatic carbocycles. The van der Waals surface area contributed by atoms with E-state index in [9.17, 15) is 5.11 Å². The van der Waals surface area contributed by atoms with Crippen LogP contribution in [0, 0.1) is 6.92 Å². The Balaban J connectivity index is 2.41. The molecule has 0 aliphatic heterocycles. The first kappa shape index (κ1) is 15.2. The van der Waals surface area contributed by atoms with Crippen LogP contribution in [0.3, 0.4) is 0 Å². The molecule has 4 heteroatoms. The van der Waals surface area contributed by atoms with E-state index in [2.05, 4.69) is 24.3 Å². The van der Waals surface area contributed by atoms with Crippen molar-refractivity contribution in [2.75, 3.05) is 13.2 Å². The van der Waals surface area contributed by atoms with Gasteiger partial charge in [0, 0.05) is 18.3 Å². The molecule has 0 bridgehead atoms. The summed E-state index contributed by atoms with van der Waals surface area (Å²) in [4.78, 5) is 0. The average molecular weight is 253 g/mol. The molecule has 1 aromatic heterocycles. The fraction of sp³-hybridized carbons (Fsp3) is 0.786. The van der Waals surface area contributed by atoms with Gasteiger partial charge in [-0.3, -0.25) is 4.68 Å². The van der Waals surface area contributed by atoms with Crippen LogP contribution in [0.1, 0.15) is 45.2 Å². The molecule has 1 heterocycles. The van der Waals surface area contributed by atoms with Crippen LogP contribution in [-0.4, -0.2) is 33.6 Å². The maximum Gasteiger partial charge on any atom is 0.0613 e. The molecule has 2 N–H and O–H groups in total. The highest BCUT2D eigenvalue weighted by atomic mass is 16.3. The molecule has 0 fully saturated rings. The van der Waals surface area contributed by atoms with Gasteiger partial charge in [-0.15, -0.1) is 0 Å². The van der Waals surface area contributed by atoms with Gasteiger partial charge in [0.25, 0.3) is 0 Å². The van der Waals surface area contributed by atoms with E-state index in [0.29, 0.717) is 0 Å². The molecule has 1 atom stereocenters. The summed E-state index contributed by atoms with van der Waals surface area (Å²) in [5, 5.41) is 17.5. The van der Waals surface area contributed by atoms with Crippen LogP contribution in [0.15, 0.2) is 12.3 Å². The topological polar surface area (TPSA) is 50.1 Å². The van der Waals surface area contributed by atoms with Gasteiger partial charge < -0.3 is 10.4 Å². The van der Waals surface area contributed by atoms with E-state index in [4.69, 9.17) is 0 Å². The van der Waals surface area contributed by atoms with Gasteiger partial charge in [-0.2, -0.15) is 5.10 Å². The summed E-state index contributed by atoms with van der Waals surface area (Å²) in [5.74, 6) is 0. The Bertz CT molecular complexity index is 332. The summed E-state index contributed by atoms with van der Waals surface area (Å²) in [5.41, 5.74) is 0.945. The number of aliphatic hydroxyl groups excluding tert-OH is 1. The number of rotatable bonds is 9. The van der Waals surface area contributed by atoms with E-state index >= 15 is 0 Å². The van der Waals surface area contributed by atoms with Crippen molar-refractivity contribution >= 4 is 0 Å². The minimum Gasteiger partial charge on any atom is -0.394 e. The molecular weight excluding hydrogens is 226 g/mol. The van der Waals surface area contributed by atoms with E-state index in [1.54, 1.807) is 0 Å². The first-order valence-electron chi connectivity index (χ1n) is 7.01. The van der Waals surface area contributed by atoms with Crippen molar-refractivity contribution < 1.29 is 5.11 Å². The van der Waals surface area contributed by atoms with Gasteiger partial charge in [0.05, 0.1) is 12.3 Å². The molecule has 0 aliphatic rings. The molecule has 1 aromatic rings. The van der Waals surface area contributed by atoms with Crippen LogP contribution in [0.2, 0.25) is 0 Å². The Morgan fingerprint density at radius 3 is 2.72 bits per heavy atom. The van der Waals surface area contributed by atoms with E-state index in [1.165, 1.54) is 0 Å². The Labute approximate surface area is 110 Å². The van der Waals surface area contributed by atoms with Crippen LogP contribution in [0.4, 0.5) is 0 Å². The predicted octanol–water partition coefficient (Wildman–Crippen LogP) is 2.11. The van der Waals surface area contributed by atoms with Gasteiger partial charge in [0.2, 0.25) is 0 Å². The average Bonchev–Trinajstić information content (AvgIpc) is 2.80. The van der Waals surface area contributed by atoms with Crippen molar-refractivity contribution in [1.82, 2.24) is 15.1 Å². The van der Waals surface area contributed by atoms with Crippen molar-refractivity contribution in [3.8, 4) is 0 Å². The maximum atomic E-state index is 9.62. The Morgan fingerprint density at radius 1 is 1.44 bits per heavy atom. The molecular formula is C14H27N3O. The van der Waals surface area contributed by atoms with Crippen molar-refractivity contribution in [3.05, 3.63) is 18.0 Å². The van der Waals surface area contributed by atoms with Crippen molar-refractivity contribution in [1.29, 1.82) is 0 Å². The molecule has 4 nitrogen and oxygen atoms in total. The lowest BCUT2D eigenvalue weighted by Crippen LogP contribution is -2.48. The highest BCUT2D eigenvalue weighted by molar-refractivity contribution is 4.94. The second-order valence-corrected chi connectivity index (χ2v) is 5.04. The molecule has 0 spiro atoms. The molecule has 1 rings (SSSR count). The van der Waals surface area contributed by atoms with Gasteiger partial charge in [-0.05, 0) is 45.2 Å². The third kappa shape index (κ3) is 4.42. The summed E-state index contributed by atoms with van der Waals surface area (Å²) in [6.07, 6.45) is 6.09. The lowest BCUT2D eigenvalue weighted by Gasteiger charge is -2.32. The summed E-state index contributed by atoms with van der Waals surface area (Å²) in [7, 11) is 0. The number of aliphatic hydroxyl groups is 1. The summed E-state index contributed by atoms with van der Waals surface area (Å²) in [6.45, 7) is 8.39. The zero-order valence-corrected chi connectivity index (χ0v) is 11.9. The normalized spacial score (nSPS) is 14.7. The standard InChI is InChI=1S/C14H27N3O/c1-4-9-15-14(5-2,12-18)8-6-10-17-11-7-13(3)16-17/h7,11,15,18H,4-6,8-10,12H2,1-3H3. The fourth-order valence-electron chi connectivity index (χ4n) is 2.19. The van der Waals surface area contributed by atoms with Gasteiger partial charge in [-0.25, -0.2) is 0 Å². The van der Waals surface area contributed by atoms with Gasteiger partial charge >= 0.3 is 0 Å². The molecule has 0 aliphatic carbocycles. The Morgan fingerprint density at radius 2 is 2.22 bits per heavy atom. The first-order valence-corrected chi connectivity index (χ1v) is 7.01. The van der Waals surface area contributed by atoms with Crippen LogP contribution in [-0.2, 0) is 6.54 Å². The number of hydrogen-bond acceptors (Lipinski definition) is 3. The molecule has 0 amide bonds. The van der Waals surface area contributed by atoms with E-state index < -0.39 is 0 Å². The van der Waals surface area contributed by atoms with E-state index in [0.717, 1.165) is 44.5 Å². The summed E-state index contributed by atoms with van der Waals surface area (Å²) in [6, 6.07) is 2.02. The Hall–Kier alpha value is -0.870. The minimum absolute atomic E-state index is 0.113. The van der Waals surface area contributed by atoms with Gasteiger partial charge in [0.15, 0.2) is 0 Å². The number of nitrogens with zero attached hydrogens (tertiary/aromatic N) is 2. The van der Waals surface area contributed by atoms with Crippen LogP contribution in [0.25, 0.3) is 0 Å². The largest absolute Gasteiger partial charge is 0.394 e. The smallest absolute Gasteiger partial charge is 0.0613 e. The fourth-order valence-corrected chi connectivity index (χ4v) is 2.19. The number of aryl methyl sites for hydroxylation is 2. The molecule has 0 saturated heterocycles. The SMILES string of the molecule is CCCNC(CC)(CO)CCCn1ccc(C)n1. The van der Waals surface area contributed by atoms with Crippen molar-refractivity contribution in [2.45, 2.75) is 58.5 Å². The van der Waals surface area contributed by atoms with Gasteiger partial charge in [-0.1, -0.05) is 13.8 Å². The lowest BCUT2D eigenvalue weighted by molar-refractivity contribution is 0.142. The van der Waals surface area contributed by atoms with Crippen molar-refractivity contribution in [2.24, 2.45) is 0 Å². The minimum atomic E-state index is -0.113. The molecule has 104 valence electrons. The second-order valence-electron chi connectivity index (χ2n) is 5.04. The highest BCUT2D eigenvalue weighted by Gasteiger charge is 2.25. The number of aromatic nitrogens is 2. The zero-order valence-electron chi connectivity index (χ0n) is 11.9. The van der Waals surface area contributed by atoms with E-state index in [-0.39, 0.29) is 12.1 Å². The second kappa shape index (κ2) is 7.54. The molecule has 1 unspecified atom stereocenters. The zero-order chi connectivity index (χ0) is 13.4. The maximum absolute atomic E-state index is 9.62. The van der Waals surface area contributed by atoms with Crippen LogP contribution in [0.5, 0.6) is 0 Å². The predicted molar refractivity (Wildman–Crippen MR) is 74.6 cm³/mol. The third-order valence-corrected chi connectivity index (χ3v) is 3.55. The molecule has 0 saturated carbocycles. The lowest BCUT2D eigenvalue weighted by atomic mass is 9.91. The summed E-state index contributed by atoms with van der Waals surface area (Å²) < 4.78 is 1.98. The summed E-state index contributed by atoms with van der Waals surface area (Å²) >= 11 is 0. The number of nitrogens with one attached hydrogen (secondary N) is 1. The van der Waals surface area contributed by atoms with Gasteiger partial charge in [0.1, 0.15) is 0 Å².